The summed E-state index contributed by atoms with van der Waals surface area (Å²) in [5.41, 5.74) is 3.10. The lowest BCUT2D eigenvalue weighted by atomic mass is 9.92. The van der Waals surface area contributed by atoms with Crippen LogP contribution in [0.4, 0.5) is 5.69 Å². The van der Waals surface area contributed by atoms with E-state index in [0.717, 1.165) is 36.8 Å². The smallest absolute Gasteiger partial charge is 0.101 e. The van der Waals surface area contributed by atoms with Gasteiger partial charge in [-0.1, -0.05) is 25.8 Å². The van der Waals surface area contributed by atoms with Crippen molar-refractivity contribution in [2.45, 2.75) is 39.2 Å². The lowest BCUT2D eigenvalue weighted by Gasteiger charge is -2.34. The molecule has 0 bridgehead atoms. The first-order valence-corrected chi connectivity index (χ1v) is 7.71. The van der Waals surface area contributed by atoms with Crippen molar-refractivity contribution >= 4 is 5.69 Å². The van der Waals surface area contributed by atoms with Crippen LogP contribution in [0.2, 0.25) is 0 Å². The summed E-state index contributed by atoms with van der Waals surface area (Å²) in [7, 11) is 1.93. The molecule has 1 fully saturated rings. The van der Waals surface area contributed by atoms with E-state index in [2.05, 4.69) is 35.3 Å². The Kier molecular flexibility index (Phi) is 5.43. The van der Waals surface area contributed by atoms with Crippen molar-refractivity contribution in [3.05, 3.63) is 29.3 Å². The molecule has 108 valence electrons. The van der Waals surface area contributed by atoms with Crippen molar-refractivity contribution in [1.82, 2.24) is 5.32 Å². The summed E-state index contributed by atoms with van der Waals surface area (Å²) >= 11 is 0. The third-order valence-electron chi connectivity index (χ3n) is 4.21. The fraction of sp³-hybridized carbons (Fsp3) is 0.588. The summed E-state index contributed by atoms with van der Waals surface area (Å²) in [6, 6.07) is 8.62. The van der Waals surface area contributed by atoms with Crippen molar-refractivity contribution < 1.29 is 0 Å². The molecule has 1 saturated heterocycles. The maximum absolute atomic E-state index is 9.38. The third kappa shape index (κ3) is 3.52. The largest absolute Gasteiger partial charge is 0.370 e. The Balaban J connectivity index is 2.08. The summed E-state index contributed by atoms with van der Waals surface area (Å²) < 4.78 is 0. The number of anilines is 1. The summed E-state index contributed by atoms with van der Waals surface area (Å²) in [5.74, 6) is 0.880. The molecular formula is C17H25N3. The zero-order valence-corrected chi connectivity index (χ0v) is 12.7. The van der Waals surface area contributed by atoms with E-state index in [1.165, 1.54) is 31.2 Å². The molecule has 1 aliphatic rings. The predicted molar refractivity (Wildman–Crippen MR) is 83.8 cm³/mol. The number of benzene rings is 1. The molecule has 2 rings (SSSR count). The number of hydrogen-bond donors (Lipinski definition) is 1. The van der Waals surface area contributed by atoms with Crippen LogP contribution in [0.5, 0.6) is 0 Å². The summed E-state index contributed by atoms with van der Waals surface area (Å²) in [5, 5.41) is 12.5. The van der Waals surface area contributed by atoms with Gasteiger partial charge < -0.3 is 10.2 Å². The summed E-state index contributed by atoms with van der Waals surface area (Å²) in [4.78, 5) is 2.38. The maximum atomic E-state index is 9.38. The molecule has 0 aliphatic carbocycles. The van der Waals surface area contributed by atoms with E-state index in [-0.39, 0.29) is 0 Å². The standard InChI is InChI=1S/C17H25N3/c1-3-4-14-7-9-20(10-8-14)17-6-5-15(13-19-2)11-16(17)12-18/h5-6,11,14,19H,3-4,7-10,13H2,1-2H3. The minimum absolute atomic E-state index is 0.812. The molecule has 0 spiro atoms. The molecule has 0 atom stereocenters. The lowest BCUT2D eigenvalue weighted by Crippen LogP contribution is -2.34. The van der Waals surface area contributed by atoms with Gasteiger partial charge in [-0.2, -0.15) is 5.26 Å². The highest BCUT2D eigenvalue weighted by Crippen LogP contribution is 2.28. The van der Waals surface area contributed by atoms with Crippen LogP contribution < -0.4 is 10.2 Å². The molecular weight excluding hydrogens is 246 g/mol. The van der Waals surface area contributed by atoms with Gasteiger partial charge in [0, 0.05) is 19.6 Å². The Morgan fingerprint density at radius 1 is 1.35 bits per heavy atom. The fourth-order valence-corrected chi connectivity index (χ4v) is 3.13. The highest BCUT2D eigenvalue weighted by molar-refractivity contribution is 5.60. The molecule has 1 N–H and O–H groups in total. The predicted octanol–water partition coefficient (Wildman–Crippen LogP) is 3.29. The first kappa shape index (κ1) is 14.9. The fourth-order valence-electron chi connectivity index (χ4n) is 3.13. The van der Waals surface area contributed by atoms with Gasteiger partial charge in [-0.25, -0.2) is 0 Å². The topological polar surface area (TPSA) is 39.1 Å². The first-order valence-electron chi connectivity index (χ1n) is 7.71. The van der Waals surface area contributed by atoms with Crippen LogP contribution >= 0.6 is 0 Å². The van der Waals surface area contributed by atoms with Gasteiger partial charge in [0.05, 0.1) is 11.3 Å². The van der Waals surface area contributed by atoms with Gasteiger partial charge in [0.15, 0.2) is 0 Å². The number of nitrogens with zero attached hydrogens (tertiary/aromatic N) is 2. The summed E-state index contributed by atoms with van der Waals surface area (Å²) in [6.45, 7) is 5.25. The molecule has 3 nitrogen and oxygen atoms in total. The number of nitrogens with one attached hydrogen (secondary N) is 1. The van der Waals surface area contributed by atoms with Gasteiger partial charge in [0.2, 0.25) is 0 Å². The molecule has 1 aliphatic heterocycles. The molecule has 0 saturated carbocycles. The van der Waals surface area contributed by atoms with Crippen molar-refractivity contribution in [3.63, 3.8) is 0 Å². The minimum atomic E-state index is 0.812. The molecule has 1 heterocycles. The molecule has 20 heavy (non-hydrogen) atoms. The number of piperidine rings is 1. The second kappa shape index (κ2) is 7.31. The quantitative estimate of drug-likeness (QED) is 0.893. The van der Waals surface area contributed by atoms with Crippen molar-refractivity contribution in [1.29, 1.82) is 5.26 Å². The average Bonchev–Trinajstić information content (AvgIpc) is 2.49. The van der Waals surface area contributed by atoms with Crippen LogP contribution in [0, 0.1) is 17.2 Å². The Bertz CT molecular complexity index is 468. The number of nitriles is 1. The van der Waals surface area contributed by atoms with Crippen LogP contribution in [-0.2, 0) is 6.54 Å². The molecule has 1 aromatic carbocycles. The lowest BCUT2D eigenvalue weighted by molar-refractivity contribution is 0.378. The van der Waals surface area contributed by atoms with Crippen molar-refractivity contribution in [3.8, 4) is 6.07 Å². The van der Waals surface area contributed by atoms with E-state index < -0.39 is 0 Å². The van der Waals surface area contributed by atoms with Crippen molar-refractivity contribution in [2.75, 3.05) is 25.0 Å². The van der Waals surface area contributed by atoms with Gasteiger partial charge >= 0.3 is 0 Å². The molecule has 0 radical (unpaired) electrons. The monoisotopic (exact) mass is 271 g/mol. The van der Waals surface area contributed by atoms with E-state index in [1.54, 1.807) is 0 Å². The zero-order chi connectivity index (χ0) is 14.4. The van der Waals surface area contributed by atoms with Gasteiger partial charge in [-0.15, -0.1) is 0 Å². The molecule has 1 aromatic rings. The van der Waals surface area contributed by atoms with E-state index in [0.29, 0.717) is 0 Å². The van der Waals surface area contributed by atoms with E-state index in [1.807, 2.05) is 13.1 Å². The van der Waals surface area contributed by atoms with Gasteiger partial charge in [-0.05, 0) is 43.5 Å². The third-order valence-corrected chi connectivity index (χ3v) is 4.21. The molecule has 0 aromatic heterocycles. The highest BCUT2D eigenvalue weighted by atomic mass is 15.1. The van der Waals surface area contributed by atoms with Crippen LogP contribution in [0.3, 0.4) is 0 Å². The SMILES string of the molecule is CCCC1CCN(c2ccc(CNC)cc2C#N)CC1. The Morgan fingerprint density at radius 3 is 2.70 bits per heavy atom. The Hall–Kier alpha value is -1.53. The van der Waals surface area contributed by atoms with Crippen LogP contribution in [0.1, 0.15) is 43.7 Å². The average molecular weight is 271 g/mol. The Labute approximate surface area is 122 Å². The van der Waals surface area contributed by atoms with E-state index >= 15 is 0 Å². The minimum Gasteiger partial charge on any atom is -0.370 e. The van der Waals surface area contributed by atoms with Crippen LogP contribution in [0.25, 0.3) is 0 Å². The van der Waals surface area contributed by atoms with Crippen LogP contribution in [0.15, 0.2) is 18.2 Å². The number of hydrogen-bond acceptors (Lipinski definition) is 3. The van der Waals surface area contributed by atoms with Gasteiger partial charge in [-0.3, -0.25) is 0 Å². The van der Waals surface area contributed by atoms with Crippen LogP contribution in [-0.4, -0.2) is 20.1 Å². The first-order chi connectivity index (χ1) is 9.78. The Morgan fingerprint density at radius 2 is 2.10 bits per heavy atom. The second-order valence-corrected chi connectivity index (χ2v) is 5.71. The molecule has 3 heteroatoms. The maximum Gasteiger partial charge on any atom is 0.101 e. The van der Waals surface area contributed by atoms with E-state index in [4.69, 9.17) is 0 Å². The normalized spacial score (nSPS) is 16.1. The zero-order valence-electron chi connectivity index (χ0n) is 12.7. The van der Waals surface area contributed by atoms with E-state index in [9.17, 15) is 5.26 Å². The molecule has 0 amide bonds. The summed E-state index contributed by atoms with van der Waals surface area (Å²) in [6.07, 6.45) is 5.15. The van der Waals surface area contributed by atoms with Gasteiger partial charge in [0.1, 0.15) is 6.07 Å². The van der Waals surface area contributed by atoms with Crippen molar-refractivity contribution in [2.24, 2.45) is 5.92 Å². The van der Waals surface area contributed by atoms with Gasteiger partial charge in [0.25, 0.3) is 0 Å². The number of rotatable bonds is 5. The second-order valence-electron chi connectivity index (χ2n) is 5.71. The molecule has 0 unspecified atom stereocenters. The highest BCUT2D eigenvalue weighted by Gasteiger charge is 2.20.